The molecule has 9 rings (SSSR count). The monoisotopic (exact) mass is 434 g/mol. The lowest BCUT2D eigenvalue weighted by Crippen LogP contribution is -2.52. The third-order valence-corrected chi connectivity index (χ3v) is 13.2. The zero-order valence-corrected chi connectivity index (χ0v) is 19.4. The molecule has 3 heteroatoms. The third-order valence-electron chi connectivity index (χ3n) is 13.2. The van der Waals surface area contributed by atoms with E-state index in [0.717, 1.165) is 66.1 Å². The molecule has 0 aromatic heterocycles. The fourth-order valence-electron chi connectivity index (χ4n) is 12.7. The Bertz CT molecular complexity index is 889. The Morgan fingerprint density at radius 2 is 1.34 bits per heavy atom. The normalized spacial score (nSPS) is 64.4. The second kappa shape index (κ2) is 6.04. The van der Waals surface area contributed by atoms with E-state index in [-0.39, 0.29) is 18.0 Å². The Hall–Kier alpha value is -0.830. The molecule has 9 aliphatic rings. The molecule has 0 amide bonds. The first-order valence-electron chi connectivity index (χ1n) is 14.2. The van der Waals surface area contributed by atoms with Gasteiger partial charge in [0.15, 0.2) is 0 Å². The Morgan fingerprint density at radius 3 is 2.03 bits per heavy atom. The first kappa shape index (κ1) is 18.5. The van der Waals surface area contributed by atoms with Crippen LogP contribution < -0.4 is 0 Å². The number of fused-ring (bicyclic) bond motifs is 23. The molecule has 2 saturated heterocycles. The predicted octanol–water partition coefficient (Wildman–Crippen LogP) is 5.10. The SMILES string of the molecule is CC1C2CC(C1C(=O)OC1CCCCC1)C1C3OC(C21)C1C2CC(C4C5C=CC(C5)C24)C31. The highest BCUT2D eigenvalue weighted by molar-refractivity contribution is 5.74. The summed E-state index contributed by atoms with van der Waals surface area (Å²) in [6.07, 6.45) is 16.6. The molecule has 0 N–H and O–H groups in total. The molecule has 32 heavy (non-hydrogen) atoms. The summed E-state index contributed by atoms with van der Waals surface area (Å²) < 4.78 is 13.1. The van der Waals surface area contributed by atoms with E-state index >= 15 is 0 Å². The largest absolute Gasteiger partial charge is 0.462 e. The van der Waals surface area contributed by atoms with Gasteiger partial charge in [0, 0.05) is 0 Å². The van der Waals surface area contributed by atoms with Crippen molar-refractivity contribution in [2.75, 3.05) is 0 Å². The summed E-state index contributed by atoms with van der Waals surface area (Å²) >= 11 is 0. The van der Waals surface area contributed by atoms with Crippen molar-refractivity contribution in [3.8, 4) is 0 Å². The van der Waals surface area contributed by atoms with Gasteiger partial charge in [-0.05, 0) is 122 Å². The van der Waals surface area contributed by atoms with Crippen LogP contribution >= 0.6 is 0 Å². The predicted molar refractivity (Wildman–Crippen MR) is 119 cm³/mol. The van der Waals surface area contributed by atoms with Crippen molar-refractivity contribution in [3.63, 3.8) is 0 Å². The molecule has 0 aromatic rings. The lowest BCUT2D eigenvalue weighted by molar-refractivity contribution is -0.161. The van der Waals surface area contributed by atoms with Gasteiger partial charge in [-0.15, -0.1) is 0 Å². The summed E-state index contributed by atoms with van der Waals surface area (Å²) in [4.78, 5) is 13.4. The Morgan fingerprint density at radius 1 is 0.750 bits per heavy atom. The molecule has 7 aliphatic carbocycles. The second-order valence-electron chi connectivity index (χ2n) is 13.7. The minimum atomic E-state index is 0.154. The van der Waals surface area contributed by atoms with Crippen molar-refractivity contribution >= 4 is 5.97 Å². The van der Waals surface area contributed by atoms with Crippen molar-refractivity contribution < 1.29 is 14.3 Å². The first-order chi connectivity index (χ1) is 15.7. The van der Waals surface area contributed by atoms with Gasteiger partial charge in [0.1, 0.15) is 6.10 Å². The molecule has 0 radical (unpaired) electrons. The van der Waals surface area contributed by atoms with Gasteiger partial charge in [-0.2, -0.15) is 0 Å². The van der Waals surface area contributed by atoms with Gasteiger partial charge in [0.05, 0.1) is 18.1 Å². The molecule has 16 unspecified atom stereocenters. The minimum Gasteiger partial charge on any atom is -0.462 e. The number of allylic oxidation sites excluding steroid dienone is 2. The highest BCUT2D eigenvalue weighted by atomic mass is 16.5. The van der Waals surface area contributed by atoms with E-state index in [0.29, 0.717) is 35.9 Å². The van der Waals surface area contributed by atoms with Gasteiger partial charge in [-0.3, -0.25) is 4.79 Å². The molecule has 6 saturated carbocycles. The van der Waals surface area contributed by atoms with E-state index < -0.39 is 0 Å². The minimum absolute atomic E-state index is 0.154. The molecule has 8 bridgehead atoms. The lowest BCUT2D eigenvalue weighted by atomic mass is 9.53. The van der Waals surface area contributed by atoms with Gasteiger partial charge in [-0.1, -0.05) is 25.5 Å². The van der Waals surface area contributed by atoms with Gasteiger partial charge >= 0.3 is 5.97 Å². The van der Waals surface area contributed by atoms with E-state index in [2.05, 4.69) is 19.1 Å². The van der Waals surface area contributed by atoms with Crippen LogP contribution in [-0.2, 0) is 14.3 Å². The van der Waals surface area contributed by atoms with Crippen LogP contribution in [0.1, 0.15) is 58.3 Å². The number of rotatable bonds is 2. The summed E-state index contributed by atoms with van der Waals surface area (Å²) in [5.41, 5.74) is 0. The summed E-state index contributed by atoms with van der Waals surface area (Å²) in [5.74, 6) is 10.8. The van der Waals surface area contributed by atoms with Gasteiger partial charge in [-0.25, -0.2) is 0 Å². The van der Waals surface area contributed by atoms with Gasteiger partial charge in [0.25, 0.3) is 0 Å². The van der Waals surface area contributed by atoms with E-state index in [9.17, 15) is 4.79 Å². The Balaban J connectivity index is 1.01. The van der Waals surface area contributed by atoms with Crippen LogP contribution in [0, 0.1) is 82.9 Å². The van der Waals surface area contributed by atoms with Crippen molar-refractivity contribution in [2.45, 2.75) is 76.6 Å². The van der Waals surface area contributed by atoms with Crippen LogP contribution in [-0.4, -0.2) is 24.3 Å². The third kappa shape index (κ3) is 1.98. The van der Waals surface area contributed by atoms with E-state index in [1.165, 1.54) is 38.5 Å². The summed E-state index contributed by atoms with van der Waals surface area (Å²) in [6.45, 7) is 2.38. The molecule has 0 aromatic carbocycles. The summed E-state index contributed by atoms with van der Waals surface area (Å²) in [5, 5.41) is 0. The van der Waals surface area contributed by atoms with Crippen LogP contribution in [0.5, 0.6) is 0 Å². The van der Waals surface area contributed by atoms with Crippen molar-refractivity contribution in [1.29, 1.82) is 0 Å². The zero-order chi connectivity index (χ0) is 20.9. The van der Waals surface area contributed by atoms with E-state index in [4.69, 9.17) is 9.47 Å². The number of esters is 1. The van der Waals surface area contributed by atoms with Crippen molar-refractivity contribution in [2.24, 2.45) is 82.9 Å². The maximum Gasteiger partial charge on any atom is 0.309 e. The topological polar surface area (TPSA) is 35.5 Å². The molecular formula is C29H38O3. The number of carbonyl (C=O) groups excluding carboxylic acids is 1. The van der Waals surface area contributed by atoms with Crippen molar-refractivity contribution in [3.05, 3.63) is 12.2 Å². The molecule has 16 atom stereocenters. The fraction of sp³-hybridized carbons (Fsp3) is 0.897. The van der Waals surface area contributed by atoms with Crippen LogP contribution in [0.2, 0.25) is 0 Å². The zero-order valence-electron chi connectivity index (χ0n) is 19.4. The fourth-order valence-corrected chi connectivity index (χ4v) is 12.7. The molecule has 2 aliphatic heterocycles. The quantitative estimate of drug-likeness (QED) is 0.345. The molecule has 0 spiro atoms. The molecule has 172 valence electrons. The second-order valence-corrected chi connectivity index (χ2v) is 13.7. The average molecular weight is 435 g/mol. The molecule has 3 nitrogen and oxygen atoms in total. The maximum absolute atomic E-state index is 13.4. The van der Waals surface area contributed by atoms with Crippen LogP contribution in [0.25, 0.3) is 0 Å². The van der Waals surface area contributed by atoms with E-state index in [1.54, 1.807) is 0 Å². The smallest absolute Gasteiger partial charge is 0.309 e. The van der Waals surface area contributed by atoms with Crippen molar-refractivity contribution in [1.82, 2.24) is 0 Å². The molecule has 8 fully saturated rings. The summed E-state index contributed by atoms with van der Waals surface area (Å²) in [7, 11) is 0. The highest BCUT2D eigenvalue weighted by Gasteiger charge is 2.78. The van der Waals surface area contributed by atoms with E-state index in [1.807, 2.05) is 0 Å². The number of hydrogen-bond donors (Lipinski definition) is 0. The summed E-state index contributed by atoms with van der Waals surface area (Å²) in [6, 6.07) is 0. The van der Waals surface area contributed by atoms with Gasteiger partial charge in [0.2, 0.25) is 0 Å². The average Bonchev–Trinajstić information content (AvgIpc) is 3.62. The number of carbonyl (C=O) groups is 1. The van der Waals surface area contributed by atoms with Crippen LogP contribution in [0.15, 0.2) is 12.2 Å². The number of ether oxygens (including phenoxy) is 2. The highest BCUT2D eigenvalue weighted by Crippen LogP contribution is 2.78. The Labute approximate surface area is 192 Å². The number of hydrogen-bond acceptors (Lipinski definition) is 3. The first-order valence-corrected chi connectivity index (χ1v) is 14.2. The standard InChI is InChI=1S/C29H38O3/c1-12-16-10-17(20(12)29(30)31-15-5-3-2-4-6-15)24-23(16)27-25-18-11-19(26(25)28(24)32-27)22-14-8-7-13(9-14)21(18)22/h7-8,12-28H,2-6,9-11H2,1H3. The van der Waals surface area contributed by atoms with Crippen LogP contribution in [0.4, 0.5) is 0 Å². The van der Waals surface area contributed by atoms with Gasteiger partial charge < -0.3 is 9.47 Å². The molecule has 2 heterocycles. The lowest BCUT2D eigenvalue weighted by Gasteiger charge is -2.49. The maximum atomic E-state index is 13.4. The Kier molecular flexibility index (Phi) is 3.49. The van der Waals surface area contributed by atoms with Crippen LogP contribution in [0.3, 0.4) is 0 Å². The molecular weight excluding hydrogens is 396 g/mol.